The number of aryl methyl sites for hydroxylation is 1. The second-order valence-electron chi connectivity index (χ2n) is 7.83. The fourth-order valence-corrected chi connectivity index (χ4v) is 3.91. The van der Waals surface area contributed by atoms with E-state index in [0.29, 0.717) is 11.6 Å². The molecule has 3 nitrogen and oxygen atoms in total. The predicted octanol–water partition coefficient (Wildman–Crippen LogP) is 6.23. The number of aliphatic hydroxyl groups excluding tert-OH is 1. The second kappa shape index (κ2) is 11.3. The summed E-state index contributed by atoms with van der Waals surface area (Å²) in [6.45, 7) is 10.0. The molecule has 31 heavy (non-hydrogen) atoms. The third-order valence-electron chi connectivity index (χ3n) is 5.77. The van der Waals surface area contributed by atoms with Crippen molar-refractivity contribution in [3.05, 3.63) is 100 Å². The van der Waals surface area contributed by atoms with Crippen LogP contribution in [0.1, 0.15) is 48.1 Å². The number of halogens is 1. The molecule has 0 bridgehead atoms. The van der Waals surface area contributed by atoms with Crippen molar-refractivity contribution >= 4 is 11.6 Å². The lowest BCUT2D eigenvalue weighted by atomic mass is 9.83. The van der Waals surface area contributed by atoms with Gasteiger partial charge in [0.1, 0.15) is 12.4 Å². The molecule has 3 rings (SSSR count). The number of likely N-dealkylation sites (N-methyl/N-ethyl adjacent to an activating group) is 1. The van der Waals surface area contributed by atoms with Gasteiger partial charge in [-0.3, -0.25) is 0 Å². The first-order chi connectivity index (χ1) is 15.0. The summed E-state index contributed by atoms with van der Waals surface area (Å²) in [6.07, 6.45) is -0.686. The number of ether oxygens (including phenoxy) is 1. The smallest absolute Gasteiger partial charge is 0.119 e. The van der Waals surface area contributed by atoms with Crippen molar-refractivity contribution in [2.45, 2.75) is 32.8 Å². The van der Waals surface area contributed by atoms with E-state index in [4.69, 9.17) is 16.3 Å². The highest BCUT2D eigenvalue weighted by atomic mass is 35.5. The maximum absolute atomic E-state index is 11.3. The summed E-state index contributed by atoms with van der Waals surface area (Å²) in [5.41, 5.74) is 4.15. The maximum atomic E-state index is 11.3. The predicted molar refractivity (Wildman–Crippen MR) is 129 cm³/mol. The lowest BCUT2D eigenvalue weighted by Crippen LogP contribution is -2.27. The normalized spacial score (nSPS) is 13.2. The Labute approximate surface area is 191 Å². The van der Waals surface area contributed by atoms with Gasteiger partial charge in [-0.05, 0) is 61.0 Å². The Kier molecular flexibility index (Phi) is 8.53. The van der Waals surface area contributed by atoms with Crippen LogP contribution in [0.3, 0.4) is 0 Å². The Balaban J connectivity index is 1.82. The number of benzene rings is 3. The molecular weight excluding hydrogens is 406 g/mol. The number of nitrogens with zero attached hydrogens (tertiary/aromatic N) is 1. The molecule has 4 heteroatoms. The van der Waals surface area contributed by atoms with Crippen LogP contribution in [0.2, 0.25) is 5.02 Å². The molecular formula is C27H32ClNO2. The fraction of sp³-hybridized carbons (Fsp3) is 0.333. The maximum Gasteiger partial charge on any atom is 0.119 e. The van der Waals surface area contributed by atoms with Crippen molar-refractivity contribution in [1.29, 1.82) is 0 Å². The molecule has 0 fully saturated rings. The minimum Gasteiger partial charge on any atom is -0.492 e. The largest absolute Gasteiger partial charge is 0.492 e. The van der Waals surface area contributed by atoms with E-state index in [9.17, 15) is 5.11 Å². The fourth-order valence-electron chi connectivity index (χ4n) is 3.79. The minimum absolute atomic E-state index is 0.188. The average molecular weight is 438 g/mol. The average Bonchev–Trinajstić information content (AvgIpc) is 2.79. The molecule has 0 aliphatic carbocycles. The number of hydrogen-bond donors (Lipinski definition) is 1. The van der Waals surface area contributed by atoms with E-state index >= 15 is 0 Å². The molecule has 0 saturated carbocycles. The highest BCUT2D eigenvalue weighted by Crippen LogP contribution is 2.37. The summed E-state index contributed by atoms with van der Waals surface area (Å²) >= 11 is 6.05. The first kappa shape index (κ1) is 23.3. The topological polar surface area (TPSA) is 32.7 Å². The molecule has 2 atom stereocenters. The molecule has 3 aromatic rings. The van der Waals surface area contributed by atoms with E-state index in [-0.39, 0.29) is 5.92 Å². The Morgan fingerprint density at radius 1 is 0.806 bits per heavy atom. The van der Waals surface area contributed by atoms with Crippen molar-refractivity contribution in [2.24, 2.45) is 0 Å². The number of hydrogen-bond acceptors (Lipinski definition) is 3. The van der Waals surface area contributed by atoms with Gasteiger partial charge in [-0.25, -0.2) is 0 Å². The van der Waals surface area contributed by atoms with Crippen LogP contribution in [-0.4, -0.2) is 36.2 Å². The van der Waals surface area contributed by atoms with Crippen molar-refractivity contribution in [3.8, 4) is 5.75 Å². The molecule has 0 aromatic heterocycles. The van der Waals surface area contributed by atoms with Crippen LogP contribution in [0.4, 0.5) is 0 Å². The molecule has 0 saturated heterocycles. The van der Waals surface area contributed by atoms with Gasteiger partial charge < -0.3 is 14.7 Å². The Hall–Kier alpha value is -2.33. The van der Waals surface area contributed by atoms with E-state index in [0.717, 1.165) is 42.1 Å². The minimum atomic E-state index is -0.686. The Morgan fingerprint density at radius 3 is 1.87 bits per heavy atom. The monoisotopic (exact) mass is 437 g/mol. The van der Waals surface area contributed by atoms with Gasteiger partial charge in [0.25, 0.3) is 0 Å². The van der Waals surface area contributed by atoms with Crippen LogP contribution >= 0.6 is 11.6 Å². The van der Waals surface area contributed by atoms with E-state index in [1.807, 2.05) is 36.4 Å². The molecule has 0 aliphatic rings. The molecule has 0 spiro atoms. The van der Waals surface area contributed by atoms with Crippen LogP contribution in [0.15, 0.2) is 72.8 Å². The highest BCUT2D eigenvalue weighted by Gasteiger charge is 2.25. The molecule has 0 amide bonds. The summed E-state index contributed by atoms with van der Waals surface area (Å²) in [7, 11) is 0. The quantitative estimate of drug-likeness (QED) is 0.407. The van der Waals surface area contributed by atoms with Crippen molar-refractivity contribution in [3.63, 3.8) is 0 Å². The molecule has 0 aliphatic heterocycles. The zero-order chi connectivity index (χ0) is 22.2. The molecule has 3 aromatic carbocycles. The van der Waals surface area contributed by atoms with E-state index < -0.39 is 6.10 Å². The van der Waals surface area contributed by atoms with Gasteiger partial charge in [0, 0.05) is 17.5 Å². The lowest BCUT2D eigenvalue weighted by molar-refractivity contribution is 0.159. The zero-order valence-corrected chi connectivity index (χ0v) is 19.3. The summed E-state index contributed by atoms with van der Waals surface area (Å²) in [4.78, 5) is 2.34. The van der Waals surface area contributed by atoms with Crippen LogP contribution < -0.4 is 4.74 Å². The number of aliphatic hydroxyl groups is 1. The Morgan fingerprint density at radius 2 is 1.32 bits per heavy atom. The van der Waals surface area contributed by atoms with Gasteiger partial charge >= 0.3 is 0 Å². The molecule has 1 N–H and O–H groups in total. The van der Waals surface area contributed by atoms with Crippen LogP contribution in [-0.2, 0) is 0 Å². The highest BCUT2D eigenvalue weighted by molar-refractivity contribution is 6.30. The third kappa shape index (κ3) is 6.33. The van der Waals surface area contributed by atoms with Crippen LogP contribution in [0.5, 0.6) is 5.75 Å². The van der Waals surface area contributed by atoms with Gasteiger partial charge in [-0.15, -0.1) is 0 Å². The van der Waals surface area contributed by atoms with Gasteiger partial charge in [0.05, 0.1) is 6.10 Å². The first-order valence-electron chi connectivity index (χ1n) is 11.0. The second-order valence-corrected chi connectivity index (χ2v) is 8.27. The van der Waals surface area contributed by atoms with Gasteiger partial charge in [0.15, 0.2) is 0 Å². The lowest BCUT2D eigenvalue weighted by Gasteiger charge is -2.25. The summed E-state index contributed by atoms with van der Waals surface area (Å²) in [5, 5.41) is 12.0. The standard InChI is InChI=1S/C27H32ClNO2/c1-4-29(5-2)18-19-31-25-16-12-22(13-17-25)26(21-8-6-20(3)7-9-21)27(30)23-10-14-24(28)15-11-23/h6-17,26-27,30H,4-5,18-19H2,1-3H3. The zero-order valence-electron chi connectivity index (χ0n) is 18.6. The molecule has 2 unspecified atom stereocenters. The van der Waals surface area contributed by atoms with Gasteiger partial charge in [0.2, 0.25) is 0 Å². The number of rotatable bonds is 10. The SMILES string of the molecule is CCN(CC)CCOc1ccc(C(c2ccc(C)cc2)C(O)c2ccc(Cl)cc2)cc1. The van der Waals surface area contributed by atoms with Crippen molar-refractivity contribution in [1.82, 2.24) is 4.90 Å². The van der Waals surface area contributed by atoms with E-state index in [1.165, 1.54) is 5.56 Å². The van der Waals surface area contributed by atoms with Gasteiger partial charge in [-0.2, -0.15) is 0 Å². The molecule has 0 heterocycles. The van der Waals surface area contributed by atoms with E-state index in [1.54, 1.807) is 0 Å². The third-order valence-corrected chi connectivity index (χ3v) is 6.03. The van der Waals surface area contributed by atoms with E-state index in [2.05, 4.69) is 62.1 Å². The molecule has 164 valence electrons. The van der Waals surface area contributed by atoms with Crippen molar-refractivity contribution in [2.75, 3.05) is 26.2 Å². The van der Waals surface area contributed by atoms with Crippen molar-refractivity contribution < 1.29 is 9.84 Å². The summed E-state index contributed by atoms with van der Waals surface area (Å²) in [6, 6.07) is 23.9. The molecule has 0 radical (unpaired) electrons. The first-order valence-corrected chi connectivity index (χ1v) is 11.3. The Bertz CT molecular complexity index is 919. The van der Waals surface area contributed by atoms with Gasteiger partial charge in [-0.1, -0.05) is 79.5 Å². The van der Waals surface area contributed by atoms with Crippen LogP contribution in [0.25, 0.3) is 0 Å². The van der Waals surface area contributed by atoms with Crippen LogP contribution in [0, 0.1) is 6.92 Å². The summed E-state index contributed by atoms with van der Waals surface area (Å²) < 4.78 is 5.94. The summed E-state index contributed by atoms with van der Waals surface area (Å²) in [5.74, 6) is 0.658.